The lowest BCUT2D eigenvalue weighted by atomic mass is 9.75. The Labute approximate surface area is 181 Å². The molecule has 4 rings (SSSR count). The molecular formula is C25H26FN3O2. The number of rotatable bonds is 4. The van der Waals surface area contributed by atoms with Crippen LogP contribution >= 0.6 is 0 Å². The number of allylic oxidation sites excluding steroid dienone is 3. The molecule has 0 unspecified atom stereocenters. The van der Waals surface area contributed by atoms with Gasteiger partial charge < -0.3 is 15.5 Å². The number of nitrogens with zero attached hydrogens (tertiary/aromatic N) is 1. The lowest BCUT2D eigenvalue weighted by Gasteiger charge is -2.34. The maximum absolute atomic E-state index is 14.2. The molecule has 1 amide bonds. The fourth-order valence-electron chi connectivity index (χ4n) is 4.33. The SMILES string of the molecule is CC1=C(C(=O)Nc2ccccc2F)[C@H](c2ccc(N(C)C)cc2)C2=C(CCCC2=O)N1. The van der Waals surface area contributed by atoms with Gasteiger partial charge in [-0.2, -0.15) is 0 Å². The minimum Gasteiger partial charge on any atom is -0.378 e. The molecule has 2 N–H and O–H groups in total. The standard InChI is InChI=1S/C25H26FN3O2/c1-15-22(25(31)28-19-8-5-4-7-18(19)26)23(16-11-13-17(14-12-16)29(2)3)24-20(27-15)9-6-10-21(24)30/h4-5,7-8,11-14,23,27H,6,9-10H2,1-3H3,(H,28,31)/t23-/m0/s1. The second kappa shape index (κ2) is 8.38. The molecule has 0 saturated heterocycles. The third-order valence-corrected chi connectivity index (χ3v) is 5.89. The Hall–Kier alpha value is -3.41. The van der Waals surface area contributed by atoms with Crippen LogP contribution in [0.3, 0.4) is 0 Å². The van der Waals surface area contributed by atoms with E-state index >= 15 is 0 Å². The number of carbonyl (C=O) groups is 2. The zero-order valence-electron chi connectivity index (χ0n) is 18.0. The second-order valence-electron chi connectivity index (χ2n) is 8.19. The highest BCUT2D eigenvalue weighted by Crippen LogP contribution is 2.42. The van der Waals surface area contributed by atoms with E-state index in [1.165, 1.54) is 12.1 Å². The van der Waals surface area contributed by atoms with Crippen LogP contribution in [0.4, 0.5) is 15.8 Å². The van der Waals surface area contributed by atoms with Crippen molar-refractivity contribution in [1.82, 2.24) is 5.32 Å². The number of para-hydroxylation sites is 1. The fourth-order valence-corrected chi connectivity index (χ4v) is 4.33. The molecule has 0 spiro atoms. The summed E-state index contributed by atoms with van der Waals surface area (Å²) in [4.78, 5) is 28.3. The first kappa shape index (κ1) is 20.8. The first-order valence-corrected chi connectivity index (χ1v) is 10.4. The van der Waals surface area contributed by atoms with Crippen LogP contribution in [0.1, 0.15) is 37.7 Å². The summed E-state index contributed by atoms with van der Waals surface area (Å²) in [5.74, 6) is -1.36. The molecule has 0 aromatic heterocycles. The van der Waals surface area contributed by atoms with Crippen LogP contribution in [0, 0.1) is 5.82 Å². The van der Waals surface area contributed by atoms with Gasteiger partial charge in [0.1, 0.15) is 5.82 Å². The van der Waals surface area contributed by atoms with Crippen LogP contribution in [0.25, 0.3) is 0 Å². The van der Waals surface area contributed by atoms with Crippen molar-refractivity contribution < 1.29 is 14.0 Å². The van der Waals surface area contributed by atoms with Gasteiger partial charge in [0.05, 0.1) is 5.69 Å². The van der Waals surface area contributed by atoms with E-state index in [1.807, 2.05) is 50.2 Å². The highest BCUT2D eigenvalue weighted by atomic mass is 19.1. The molecule has 0 bridgehead atoms. The van der Waals surface area contributed by atoms with Crippen LogP contribution in [-0.2, 0) is 9.59 Å². The quantitative estimate of drug-likeness (QED) is 0.766. The molecule has 160 valence electrons. The van der Waals surface area contributed by atoms with Gasteiger partial charge in [0.25, 0.3) is 5.91 Å². The van der Waals surface area contributed by atoms with Gasteiger partial charge in [0.2, 0.25) is 0 Å². The monoisotopic (exact) mass is 419 g/mol. The molecule has 2 aromatic carbocycles. The fraction of sp³-hybridized carbons (Fsp3) is 0.280. The number of hydrogen-bond donors (Lipinski definition) is 2. The van der Waals surface area contributed by atoms with E-state index in [4.69, 9.17) is 0 Å². The van der Waals surface area contributed by atoms with Gasteiger partial charge in [0.15, 0.2) is 5.78 Å². The lowest BCUT2D eigenvalue weighted by molar-refractivity contribution is -0.116. The first-order chi connectivity index (χ1) is 14.9. The molecular weight excluding hydrogens is 393 g/mol. The van der Waals surface area contributed by atoms with Crippen LogP contribution in [-0.4, -0.2) is 25.8 Å². The molecule has 5 nitrogen and oxygen atoms in total. The summed E-state index contributed by atoms with van der Waals surface area (Å²) < 4.78 is 14.2. The first-order valence-electron chi connectivity index (χ1n) is 10.4. The average Bonchev–Trinajstić information content (AvgIpc) is 2.74. The molecule has 0 radical (unpaired) electrons. The van der Waals surface area contributed by atoms with Crippen molar-refractivity contribution in [2.24, 2.45) is 0 Å². The maximum atomic E-state index is 14.2. The smallest absolute Gasteiger partial charge is 0.254 e. The summed E-state index contributed by atoms with van der Waals surface area (Å²) in [5.41, 5.74) is 4.67. The normalized spacial score (nSPS) is 18.5. The molecule has 1 aliphatic carbocycles. The van der Waals surface area contributed by atoms with E-state index in [1.54, 1.807) is 12.1 Å². The summed E-state index contributed by atoms with van der Waals surface area (Å²) in [6.07, 6.45) is 2.03. The highest BCUT2D eigenvalue weighted by Gasteiger charge is 2.38. The van der Waals surface area contributed by atoms with Crippen molar-refractivity contribution in [2.45, 2.75) is 32.1 Å². The van der Waals surface area contributed by atoms with Crippen molar-refractivity contribution >= 4 is 23.1 Å². The van der Waals surface area contributed by atoms with Gasteiger partial charge in [0, 0.05) is 54.7 Å². The van der Waals surface area contributed by atoms with E-state index in [2.05, 4.69) is 10.6 Å². The van der Waals surface area contributed by atoms with Gasteiger partial charge in [-0.15, -0.1) is 0 Å². The number of amides is 1. The number of carbonyl (C=O) groups excluding carboxylic acids is 2. The summed E-state index contributed by atoms with van der Waals surface area (Å²) >= 11 is 0. The minimum atomic E-state index is -0.501. The number of dihydropyridines is 1. The predicted molar refractivity (Wildman–Crippen MR) is 120 cm³/mol. The van der Waals surface area contributed by atoms with Crippen LogP contribution in [0.15, 0.2) is 71.1 Å². The number of Topliss-reactive ketones (excluding diaryl/α,β-unsaturated/α-hetero) is 1. The van der Waals surface area contributed by atoms with Crippen LogP contribution in [0.5, 0.6) is 0 Å². The van der Waals surface area contributed by atoms with E-state index in [-0.39, 0.29) is 11.5 Å². The Morgan fingerprint density at radius 1 is 1.10 bits per heavy atom. The molecule has 2 aromatic rings. The van der Waals surface area contributed by atoms with Gasteiger partial charge >= 0.3 is 0 Å². The van der Waals surface area contributed by atoms with E-state index in [9.17, 15) is 14.0 Å². The molecule has 6 heteroatoms. The average molecular weight is 420 g/mol. The van der Waals surface area contributed by atoms with Crippen LogP contribution < -0.4 is 15.5 Å². The minimum absolute atomic E-state index is 0.0547. The summed E-state index contributed by atoms with van der Waals surface area (Å²) in [5, 5.41) is 5.98. The molecule has 1 aliphatic heterocycles. The van der Waals surface area contributed by atoms with Crippen molar-refractivity contribution in [1.29, 1.82) is 0 Å². The van der Waals surface area contributed by atoms with Crippen LogP contribution in [0.2, 0.25) is 0 Å². The van der Waals surface area contributed by atoms with Crippen molar-refractivity contribution in [2.75, 3.05) is 24.3 Å². The van der Waals surface area contributed by atoms with E-state index in [0.29, 0.717) is 23.3 Å². The van der Waals surface area contributed by atoms with Crippen molar-refractivity contribution in [3.8, 4) is 0 Å². The summed E-state index contributed by atoms with van der Waals surface area (Å²) in [6.45, 7) is 1.83. The zero-order chi connectivity index (χ0) is 22.1. The maximum Gasteiger partial charge on any atom is 0.254 e. The Morgan fingerprint density at radius 3 is 2.48 bits per heavy atom. The molecule has 0 fully saturated rings. The number of halogens is 1. The topological polar surface area (TPSA) is 61.4 Å². The summed E-state index contributed by atoms with van der Waals surface area (Å²) in [7, 11) is 3.92. The summed E-state index contributed by atoms with van der Waals surface area (Å²) in [6, 6.07) is 13.9. The Morgan fingerprint density at radius 2 is 1.81 bits per heavy atom. The third kappa shape index (κ3) is 3.98. The molecule has 0 saturated carbocycles. The van der Waals surface area contributed by atoms with Gasteiger partial charge in [-0.3, -0.25) is 9.59 Å². The number of ketones is 1. The Bertz CT molecular complexity index is 1100. The molecule has 2 aliphatic rings. The Kier molecular flexibility index (Phi) is 5.63. The van der Waals surface area contributed by atoms with E-state index < -0.39 is 17.6 Å². The van der Waals surface area contributed by atoms with Crippen molar-refractivity contribution in [3.63, 3.8) is 0 Å². The number of nitrogens with one attached hydrogen (secondary N) is 2. The van der Waals surface area contributed by atoms with E-state index in [0.717, 1.165) is 29.8 Å². The molecule has 1 heterocycles. The van der Waals surface area contributed by atoms with Gasteiger partial charge in [-0.25, -0.2) is 4.39 Å². The largest absolute Gasteiger partial charge is 0.378 e. The predicted octanol–water partition coefficient (Wildman–Crippen LogP) is 4.50. The molecule has 31 heavy (non-hydrogen) atoms. The second-order valence-corrected chi connectivity index (χ2v) is 8.19. The zero-order valence-corrected chi connectivity index (χ0v) is 18.0. The lowest BCUT2D eigenvalue weighted by Crippen LogP contribution is -2.35. The number of hydrogen-bond acceptors (Lipinski definition) is 4. The van der Waals surface area contributed by atoms with Gasteiger partial charge in [-0.1, -0.05) is 24.3 Å². The molecule has 1 atom stereocenters. The van der Waals surface area contributed by atoms with Crippen molar-refractivity contribution in [3.05, 3.63) is 82.5 Å². The highest BCUT2D eigenvalue weighted by molar-refractivity contribution is 6.09. The number of benzene rings is 2. The Balaban J connectivity index is 1.79. The number of anilines is 2. The van der Waals surface area contributed by atoms with Gasteiger partial charge in [-0.05, 0) is 49.6 Å². The third-order valence-electron chi connectivity index (χ3n) is 5.89.